The van der Waals surface area contributed by atoms with Gasteiger partial charge in [0.2, 0.25) is 0 Å². The molecular weight excluding hydrogens is 400 g/mol. The van der Waals surface area contributed by atoms with E-state index in [-0.39, 0.29) is 17.9 Å². The lowest BCUT2D eigenvalue weighted by Crippen LogP contribution is -2.42. The van der Waals surface area contributed by atoms with E-state index in [4.69, 9.17) is 9.47 Å². The van der Waals surface area contributed by atoms with E-state index < -0.39 is 11.8 Å². The molecule has 0 heterocycles. The van der Waals surface area contributed by atoms with Crippen molar-refractivity contribution >= 4 is 11.9 Å². The van der Waals surface area contributed by atoms with Gasteiger partial charge in [0.15, 0.2) is 0 Å². The molecule has 4 unspecified atom stereocenters. The van der Waals surface area contributed by atoms with E-state index in [1.807, 2.05) is 6.08 Å². The van der Waals surface area contributed by atoms with Crippen LogP contribution in [0.25, 0.3) is 0 Å². The fraction of sp³-hybridized carbons (Fsp3) is 0.857. The van der Waals surface area contributed by atoms with Gasteiger partial charge in [-0.1, -0.05) is 92.2 Å². The maximum Gasteiger partial charge on any atom is 0.313 e. The van der Waals surface area contributed by atoms with Gasteiger partial charge in [0.25, 0.3) is 0 Å². The molecule has 0 aromatic carbocycles. The van der Waals surface area contributed by atoms with E-state index in [0.717, 1.165) is 51.4 Å². The number of unbranched alkanes of at least 4 members (excludes halogenated alkanes) is 4. The quantitative estimate of drug-likeness (QED) is 0.140. The second-order valence-electron chi connectivity index (χ2n) is 10.5. The van der Waals surface area contributed by atoms with Crippen LogP contribution in [0.3, 0.4) is 0 Å². The summed E-state index contributed by atoms with van der Waals surface area (Å²) in [5.41, 5.74) is 0. The fourth-order valence-corrected chi connectivity index (χ4v) is 4.55. The Bertz CT molecular complexity index is 552. The standard InChI is InChI=1S/C28H50O4/c1-7-9-11-13-23-15-16-25(27(29)31-19-17-21(3)4)26(24(23)14-12-10-8-2)28(30)32-20-18-22(5)6/h15-16,21-26H,7-14,17-20H2,1-6H3. The zero-order chi connectivity index (χ0) is 23.9. The third-order valence-electron chi connectivity index (χ3n) is 6.67. The van der Waals surface area contributed by atoms with Gasteiger partial charge in [0.05, 0.1) is 25.0 Å². The Morgan fingerprint density at radius 3 is 1.81 bits per heavy atom. The number of esters is 2. The lowest BCUT2D eigenvalue weighted by atomic mass is 9.67. The molecule has 0 aromatic heterocycles. The molecule has 0 radical (unpaired) electrons. The molecule has 0 spiro atoms. The highest BCUT2D eigenvalue weighted by Crippen LogP contribution is 2.41. The Balaban J connectivity index is 3.06. The van der Waals surface area contributed by atoms with Gasteiger partial charge in [-0.05, 0) is 49.4 Å². The van der Waals surface area contributed by atoms with Gasteiger partial charge in [-0.2, -0.15) is 0 Å². The van der Waals surface area contributed by atoms with E-state index in [1.165, 1.54) is 12.8 Å². The van der Waals surface area contributed by atoms with Gasteiger partial charge in [-0.15, -0.1) is 0 Å². The van der Waals surface area contributed by atoms with Crippen LogP contribution in [0, 0.1) is 35.5 Å². The minimum Gasteiger partial charge on any atom is -0.465 e. The van der Waals surface area contributed by atoms with E-state index in [9.17, 15) is 9.59 Å². The topological polar surface area (TPSA) is 52.6 Å². The number of ether oxygens (including phenoxy) is 2. The first-order valence-corrected chi connectivity index (χ1v) is 13.3. The molecule has 0 aliphatic heterocycles. The number of hydrogen-bond donors (Lipinski definition) is 0. The summed E-state index contributed by atoms with van der Waals surface area (Å²) in [4.78, 5) is 26.4. The molecule has 1 aliphatic carbocycles. The van der Waals surface area contributed by atoms with Crippen LogP contribution in [0.2, 0.25) is 0 Å². The number of allylic oxidation sites excluding steroid dienone is 1. The van der Waals surface area contributed by atoms with Crippen molar-refractivity contribution in [2.75, 3.05) is 13.2 Å². The first-order chi connectivity index (χ1) is 15.3. The predicted octanol–water partition coefficient (Wildman–Crippen LogP) is 7.36. The molecule has 1 rings (SSSR count). The highest BCUT2D eigenvalue weighted by atomic mass is 16.5. The van der Waals surface area contributed by atoms with Gasteiger partial charge < -0.3 is 9.47 Å². The molecule has 1 aliphatic rings. The third kappa shape index (κ3) is 10.5. The van der Waals surface area contributed by atoms with Crippen LogP contribution >= 0.6 is 0 Å². The molecule has 0 saturated carbocycles. The van der Waals surface area contributed by atoms with Crippen molar-refractivity contribution < 1.29 is 19.1 Å². The Morgan fingerprint density at radius 1 is 0.750 bits per heavy atom. The summed E-state index contributed by atoms with van der Waals surface area (Å²) in [5.74, 6) is 0.0190. The summed E-state index contributed by atoms with van der Waals surface area (Å²) < 4.78 is 11.4. The van der Waals surface area contributed by atoms with Crippen LogP contribution < -0.4 is 0 Å². The average Bonchev–Trinajstić information content (AvgIpc) is 2.73. The van der Waals surface area contributed by atoms with Gasteiger partial charge in [0, 0.05) is 0 Å². The van der Waals surface area contributed by atoms with Gasteiger partial charge >= 0.3 is 11.9 Å². The minimum absolute atomic E-state index is 0.151. The Kier molecular flexibility index (Phi) is 14.6. The molecule has 32 heavy (non-hydrogen) atoms. The van der Waals surface area contributed by atoms with Crippen molar-refractivity contribution in [3.05, 3.63) is 12.2 Å². The smallest absolute Gasteiger partial charge is 0.313 e. The molecule has 0 amide bonds. The van der Waals surface area contributed by atoms with Crippen LogP contribution in [0.4, 0.5) is 0 Å². The molecular formula is C28H50O4. The molecule has 0 bridgehead atoms. The summed E-state index contributed by atoms with van der Waals surface area (Å²) in [6.07, 6.45) is 14.8. The van der Waals surface area contributed by atoms with E-state index in [2.05, 4.69) is 47.6 Å². The number of hydrogen-bond acceptors (Lipinski definition) is 4. The summed E-state index contributed by atoms with van der Waals surface area (Å²) in [5, 5.41) is 0. The fourth-order valence-electron chi connectivity index (χ4n) is 4.55. The van der Waals surface area contributed by atoms with Crippen LogP contribution in [0.1, 0.15) is 106 Å². The van der Waals surface area contributed by atoms with Crippen LogP contribution in [-0.4, -0.2) is 25.2 Å². The largest absolute Gasteiger partial charge is 0.465 e. The molecule has 4 atom stereocenters. The summed E-state index contributed by atoms with van der Waals surface area (Å²) in [6.45, 7) is 13.7. The van der Waals surface area contributed by atoms with Crippen LogP contribution in [-0.2, 0) is 19.1 Å². The van der Waals surface area contributed by atoms with Gasteiger partial charge in [0.1, 0.15) is 0 Å². The highest BCUT2D eigenvalue weighted by molar-refractivity contribution is 5.84. The lowest BCUT2D eigenvalue weighted by molar-refractivity contribution is -0.163. The van der Waals surface area contributed by atoms with E-state index in [0.29, 0.717) is 31.0 Å². The Labute approximate surface area is 197 Å². The van der Waals surface area contributed by atoms with Gasteiger partial charge in [-0.25, -0.2) is 0 Å². The second kappa shape index (κ2) is 16.3. The summed E-state index contributed by atoms with van der Waals surface area (Å²) in [7, 11) is 0. The van der Waals surface area contributed by atoms with E-state index in [1.54, 1.807) is 0 Å². The lowest BCUT2D eigenvalue weighted by Gasteiger charge is -2.37. The van der Waals surface area contributed by atoms with Crippen molar-refractivity contribution in [1.29, 1.82) is 0 Å². The van der Waals surface area contributed by atoms with Crippen molar-refractivity contribution in [1.82, 2.24) is 0 Å². The molecule has 0 saturated heterocycles. The number of carbonyl (C=O) groups is 2. The monoisotopic (exact) mass is 450 g/mol. The zero-order valence-electron chi connectivity index (χ0n) is 21.7. The molecule has 0 N–H and O–H groups in total. The first-order valence-electron chi connectivity index (χ1n) is 13.3. The molecule has 4 nitrogen and oxygen atoms in total. The number of rotatable bonds is 16. The summed E-state index contributed by atoms with van der Waals surface area (Å²) in [6, 6.07) is 0. The maximum atomic E-state index is 13.3. The predicted molar refractivity (Wildman–Crippen MR) is 132 cm³/mol. The average molecular weight is 451 g/mol. The first kappa shape index (κ1) is 28.7. The summed E-state index contributed by atoms with van der Waals surface area (Å²) >= 11 is 0. The maximum absolute atomic E-state index is 13.3. The molecule has 0 fully saturated rings. The zero-order valence-corrected chi connectivity index (χ0v) is 21.7. The van der Waals surface area contributed by atoms with Crippen LogP contribution in [0.15, 0.2) is 12.2 Å². The third-order valence-corrected chi connectivity index (χ3v) is 6.67. The van der Waals surface area contributed by atoms with Crippen molar-refractivity contribution in [3.8, 4) is 0 Å². The Hall–Kier alpha value is -1.32. The SMILES string of the molecule is CCCCCC1C=CC(C(=O)OCCC(C)C)C(C(=O)OCCC(C)C)C1CCCCC. The Morgan fingerprint density at radius 2 is 1.28 bits per heavy atom. The highest BCUT2D eigenvalue weighted by Gasteiger charge is 2.44. The van der Waals surface area contributed by atoms with E-state index >= 15 is 0 Å². The molecule has 186 valence electrons. The molecule has 4 heteroatoms. The van der Waals surface area contributed by atoms with Crippen LogP contribution in [0.5, 0.6) is 0 Å². The van der Waals surface area contributed by atoms with Crippen molar-refractivity contribution in [3.63, 3.8) is 0 Å². The van der Waals surface area contributed by atoms with Crippen molar-refractivity contribution in [2.45, 2.75) is 106 Å². The van der Waals surface area contributed by atoms with Crippen molar-refractivity contribution in [2.24, 2.45) is 35.5 Å². The minimum atomic E-state index is -0.525. The normalized spacial score (nSPS) is 23.0. The number of carbonyl (C=O) groups excluding carboxylic acids is 2. The molecule has 0 aromatic rings. The second-order valence-corrected chi connectivity index (χ2v) is 10.5. The van der Waals surface area contributed by atoms with Gasteiger partial charge in [-0.3, -0.25) is 9.59 Å².